The van der Waals surface area contributed by atoms with Crippen molar-refractivity contribution >= 4 is 17.7 Å². The summed E-state index contributed by atoms with van der Waals surface area (Å²) in [5.41, 5.74) is 1.57. The van der Waals surface area contributed by atoms with Gasteiger partial charge in [-0.3, -0.25) is 4.79 Å². The van der Waals surface area contributed by atoms with E-state index in [1.165, 1.54) is 42.6 Å². The Kier molecular flexibility index (Phi) is 6.00. The third-order valence-corrected chi connectivity index (χ3v) is 6.85. The Bertz CT molecular complexity index is 438. The van der Waals surface area contributed by atoms with Crippen LogP contribution in [0.5, 0.6) is 0 Å². The van der Waals surface area contributed by atoms with Gasteiger partial charge in [-0.05, 0) is 68.0 Å². The average Bonchev–Trinajstić information content (AvgIpc) is 3.03. The molecule has 0 aromatic rings. The lowest BCUT2D eigenvalue weighted by Gasteiger charge is -2.32. The first-order valence-electron chi connectivity index (χ1n) is 8.59. The highest BCUT2D eigenvalue weighted by Gasteiger charge is 2.47. The number of nitrogens with one attached hydrogen (secondary N) is 1. The molecule has 2 N–H and O–H groups in total. The van der Waals surface area contributed by atoms with Crippen molar-refractivity contribution in [2.75, 3.05) is 14.1 Å². The van der Waals surface area contributed by atoms with Crippen molar-refractivity contribution in [1.82, 2.24) is 5.32 Å². The Morgan fingerprint density at radius 1 is 1.27 bits per heavy atom. The molecule has 126 valence electrons. The summed E-state index contributed by atoms with van der Waals surface area (Å²) in [4.78, 5) is 13.2. The molecule has 4 heteroatoms. The summed E-state index contributed by atoms with van der Waals surface area (Å²) in [5.74, 6) is -0.130. The van der Waals surface area contributed by atoms with Crippen LogP contribution >= 0.6 is 11.8 Å². The van der Waals surface area contributed by atoms with Gasteiger partial charge in [0.1, 0.15) is 0 Å². The van der Waals surface area contributed by atoms with Crippen LogP contribution in [-0.4, -0.2) is 30.4 Å². The fourth-order valence-corrected chi connectivity index (χ4v) is 5.89. The van der Waals surface area contributed by atoms with Gasteiger partial charge in [0.2, 0.25) is 0 Å². The molecule has 22 heavy (non-hydrogen) atoms. The van der Waals surface area contributed by atoms with Crippen molar-refractivity contribution < 1.29 is 9.90 Å². The average molecular weight is 326 g/mol. The minimum Gasteiger partial charge on any atom is -0.481 e. The van der Waals surface area contributed by atoms with E-state index in [1.54, 1.807) is 0 Å². The standard InChI is InChI=1S/C16H24O2S.C2H7N/c1-16(2)8-7-12-11(9-16)13(15(17)18)14(19-12)10-5-3-4-6-10;1-3-2/h10,13-14H,3-9H2,1-2H3,(H,17,18);3H,1-2H3. The van der Waals surface area contributed by atoms with Gasteiger partial charge in [0.05, 0.1) is 5.92 Å². The summed E-state index contributed by atoms with van der Waals surface area (Å²) in [5, 5.41) is 12.8. The van der Waals surface area contributed by atoms with Gasteiger partial charge in [-0.25, -0.2) is 0 Å². The lowest BCUT2D eigenvalue weighted by Crippen LogP contribution is -2.31. The fraction of sp³-hybridized carbons (Fsp3) is 0.833. The minimum atomic E-state index is -0.577. The van der Waals surface area contributed by atoms with Crippen LogP contribution in [0.15, 0.2) is 10.5 Å². The summed E-state index contributed by atoms with van der Waals surface area (Å²) in [7, 11) is 3.75. The minimum absolute atomic E-state index is 0.192. The Hall–Kier alpha value is -0.480. The molecular formula is C18H31NO2S. The van der Waals surface area contributed by atoms with Crippen LogP contribution in [0.1, 0.15) is 58.8 Å². The number of aliphatic carboxylic acids is 1. The first-order valence-corrected chi connectivity index (χ1v) is 9.47. The summed E-state index contributed by atoms with van der Waals surface area (Å²) in [6.45, 7) is 4.56. The van der Waals surface area contributed by atoms with Crippen LogP contribution in [0.4, 0.5) is 0 Å². The number of hydrogen-bond donors (Lipinski definition) is 2. The van der Waals surface area contributed by atoms with Crippen LogP contribution < -0.4 is 5.32 Å². The molecule has 1 fully saturated rings. The van der Waals surface area contributed by atoms with E-state index >= 15 is 0 Å². The molecule has 2 unspecified atom stereocenters. The van der Waals surface area contributed by atoms with E-state index in [1.807, 2.05) is 25.9 Å². The SMILES string of the molecule is CC1(C)CCC2=C(C1)C(C(=O)O)C(C1CCCC1)S2.CNC. The second-order valence-electron chi connectivity index (χ2n) is 7.73. The van der Waals surface area contributed by atoms with Crippen LogP contribution in [0.25, 0.3) is 0 Å². The summed E-state index contributed by atoms with van der Waals surface area (Å²) in [6.07, 6.45) is 8.39. The second kappa shape index (κ2) is 7.39. The van der Waals surface area contributed by atoms with Crippen molar-refractivity contribution in [1.29, 1.82) is 0 Å². The zero-order valence-corrected chi connectivity index (χ0v) is 15.3. The highest BCUT2D eigenvalue weighted by Crippen LogP contribution is 2.56. The molecule has 0 aromatic heterocycles. The molecule has 2 aliphatic carbocycles. The topological polar surface area (TPSA) is 49.3 Å². The van der Waals surface area contributed by atoms with Crippen LogP contribution in [-0.2, 0) is 4.79 Å². The lowest BCUT2D eigenvalue weighted by atomic mass is 9.72. The number of carboxylic acid groups (broad SMARTS) is 1. The van der Waals surface area contributed by atoms with Gasteiger partial charge in [-0.1, -0.05) is 26.7 Å². The predicted molar refractivity (Wildman–Crippen MR) is 94.1 cm³/mol. The largest absolute Gasteiger partial charge is 0.481 e. The summed E-state index contributed by atoms with van der Waals surface area (Å²) in [6, 6.07) is 0. The van der Waals surface area contributed by atoms with Gasteiger partial charge in [-0.15, -0.1) is 11.8 Å². The Morgan fingerprint density at radius 3 is 2.41 bits per heavy atom. The Balaban J connectivity index is 0.000000545. The van der Waals surface area contributed by atoms with Gasteiger partial charge < -0.3 is 10.4 Å². The fourth-order valence-electron chi connectivity index (χ4n) is 4.11. The normalized spacial score (nSPS) is 30.7. The first kappa shape index (κ1) is 17.9. The molecule has 0 spiro atoms. The maximum Gasteiger partial charge on any atom is 0.311 e. The van der Waals surface area contributed by atoms with E-state index in [-0.39, 0.29) is 11.3 Å². The molecular weight excluding hydrogens is 294 g/mol. The maximum atomic E-state index is 11.8. The third kappa shape index (κ3) is 3.88. The highest BCUT2D eigenvalue weighted by atomic mass is 32.2. The van der Waals surface area contributed by atoms with E-state index in [9.17, 15) is 9.90 Å². The molecule has 3 nitrogen and oxygen atoms in total. The smallest absolute Gasteiger partial charge is 0.311 e. The molecule has 1 aliphatic heterocycles. The van der Waals surface area contributed by atoms with Crippen molar-refractivity contribution in [3.05, 3.63) is 10.5 Å². The molecule has 0 aromatic carbocycles. The van der Waals surface area contributed by atoms with E-state index in [2.05, 4.69) is 19.2 Å². The van der Waals surface area contributed by atoms with Crippen molar-refractivity contribution in [3.63, 3.8) is 0 Å². The predicted octanol–water partition coefficient (Wildman–Crippen LogP) is 4.29. The molecule has 0 saturated heterocycles. The molecule has 3 rings (SSSR count). The number of thioether (sulfide) groups is 1. The molecule has 1 heterocycles. The van der Waals surface area contributed by atoms with Crippen LogP contribution in [0.3, 0.4) is 0 Å². The van der Waals surface area contributed by atoms with Gasteiger partial charge in [0, 0.05) is 5.25 Å². The van der Waals surface area contributed by atoms with Gasteiger partial charge in [-0.2, -0.15) is 0 Å². The Morgan fingerprint density at radius 2 is 1.86 bits per heavy atom. The molecule has 2 atom stereocenters. The Labute approximate surface area is 139 Å². The van der Waals surface area contributed by atoms with Crippen LogP contribution in [0, 0.1) is 17.3 Å². The molecule has 1 saturated carbocycles. The molecule has 3 aliphatic rings. The summed E-state index contributed by atoms with van der Waals surface area (Å²) >= 11 is 1.93. The summed E-state index contributed by atoms with van der Waals surface area (Å²) < 4.78 is 0. The van der Waals surface area contributed by atoms with E-state index in [0.717, 1.165) is 12.8 Å². The first-order chi connectivity index (χ1) is 10.4. The number of allylic oxidation sites excluding steroid dienone is 1. The van der Waals surface area contributed by atoms with Crippen molar-refractivity contribution in [3.8, 4) is 0 Å². The van der Waals surface area contributed by atoms with E-state index in [0.29, 0.717) is 11.2 Å². The van der Waals surface area contributed by atoms with Gasteiger partial charge >= 0.3 is 5.97 Å². The quantitative estimate of drug-likeness (QED) is 0.795. The second-order valence-corrected chi connectivity index (χ2v) is 9.01. The number of carboxylic acids is 1. The lowest BCUT2D eigenvalue weighted by molar-refractivity contribution is -0.140. The zero-order chi connectivity index (χ0) is 16.3. The zero-order valence-electron chi connectivity index (χ0n) is 14.4. The van der Waals surface area contributed by atoms with Gasteiger partial charge in [0.15, 0.2) is 0 Å². The highest BCUT2D eigenvalue weighted by molar-refractivity contribution is 8.04. The van der Waals surface area contributed by atoms with Gasteiger partial charge in [0.25, 0.3) is 0 Å². The third-order valence-electron chi connectivity index (χ3n) is 5.17. The number of rotatable bonds is 2. The molecule has 0 amide bonds. The van der Waals surface area contributed by atoms with Crippen molar-refractivity contribution in [2.45, 2.75) is 64.0 Å². The molecule has 0 bridgehead atoms. The van der Waals surface area contributed by atoms with Crippen LogP contribution in [0.2, 0.25) is 0 Å². The number of carbonyl (C=O) groups is 1. The number of hydrogen-bond acceptors (Lipinski definition) is 3. The molecule has 0 radical (unpaired) electrons. The van der Waals surface area contributed by atoms with Crippen molar-refractivity contribution in [2.24, 2.45) is 17.3 Å². The van der Waals surface area contributed by atoms with E-state index in [4.69, 9.17) is 0 Å². The monoisotopic (exact) mass is 325 g/mol. The maximum absolute atomic E-state index is 11.8. The van der Waals surface area contributed by atoms with E-state index < -0.39 is 5.97 Å².